The van der Waals surface area contributed by atoms with Gasteiger partial charge < -0.3 is 4.74 Å². The highest BCUT2D eigenvalue weighted by molar-refractivity contribution is 5.84. The van der Waals surface area contributed by atoms with Crippen LogP contribution >= 0.6 is 0 Å². The number of hydrogen-bond acceptors (Lipinski definition) is 3. The summed E-state index contributed by atoms with van der Waals surface area (Å²) < 4.78 is 6.06. The van der Waals surface area contributed by atoms with Gasteiger partial charge in [-0.15, -0.1) is 0 Å². The second-order valence-electron chi connectivity index (χ2n) is 7.15. The quantitative estimate of drug-likeness (QED) is 0.440. The zero-order valence-corrected chi connectivity index (χ0v) is 15.4. The molecule has 0 unspecified atom stereocenters. The number of hydrazone groups is 1. The van der Waals surface area contributed by atoms with E-state index in [0.717, 1.165) is 22.7 Å². The Kier molecular flexibility index (Phi) is 5.37. The fourth-order valence-electron chi connectivity index (χ4n) is 2.52. The molecule has 3 nitrogen and oxygen atoms in total. The minimum atomic E-state index is 0.131. The molecule has 26 heavy (non-hydrogen) atoms. The molecule has 3 aromatic carbocycles. The van der Waals surface area contributed by atoms with Crippen LogP contribution in [0.3, 0.4) is 0 Å². The number of rotatable bonds is 5. The van der Waals surface area contributed by atoms with Gasteiger partial charge in [-0.25, -0.2) is 0 Å². The highest BCUT2D eigenvalue weighted by Gasteiger charge is 2.13. The molecule has 1 N–H and O–H groups in total. The SMILES string of the molecule is CC(C)(C)c1ccc(Oc2ccccc2C=NNc2ccccc2)cc1. The highest BCUT2D eigenvalue weighted by atomic mass is 16.5. The molecule has 0 heterocycles. The van der Waals surface area contributed by atoms with Gasteiger partial charge in [-0.2, -0.15) is 5.10 Å². The number of nitrogens with one attached hydrogen (secondary N) is 1. The third kappa shape index (κ3) is 4.73. The van der Waals surface area contributed by atoms with Crippen LogP contribution in [0.5, 0.6) is 11.5 Å². The first-order chi connectivity index (χ1) is 12.5. The van der Waals surface area contributed by atoms with E-state index in [9.17, 15) is 0 Å². The van der Waals surface area contributed by atoms with Gasteiger partial charge in [-0.3, -0.25) is 5.43 Å². The number of anilines is 1. The average molecular weight is 344 g/mol. The molecule has 0 fully saturated rings. The average Bonchev–Trinajstić information content (AvgIpc) is 2.64. The monoisotopic (exact) mass is 344 g/mol. The van der Waals surface area contributed by atoms with Crippen LogP contribution in [0.4, 0.5) is 5.69 Å². The largest absolute Gasteiger partial charge is 0.457 e. The Bertz CT molecular complexity index is 863. The standard InChI is InChI=1S/C23H24N2O/c1-23(2,3)19-13-15-21(16-14-19)26-22-12-8-7-9-18(22)17-24-25-20-10-5-4-6-11-20/h4-17,25H,1-3H3. The van der Waals surface area contributed by atoms with Gasteiger partial charge in [-0.05, 0) is 47.4 Å². The Hall–Kier alpha value is -3.07. The first-order valence-electron chi connectivity index (χ1n) is 8.74. The fraction of sp³-hybridized carbons (Fsp3) is 0.174. The molecule has 3 rings (SSSR count). The smallest absolute Gasteiger partial charge is 0.136 e. The summed E-state index contributed by atoms with van der Waals surface area (Å²) in [4.78, 5) is 0. The molecule has 0 aromatic heterocycles. The molecule has 0 atom stereocenters. The molecular weight excluding hydrogens is 320 g/mol. The van der Waals surface area contributed by atoms with Crippen molar-refractivity contribution in [1.82, 2.24) is 0 Å². The molecule has 132 valence electrons. The fourth-order valence-corrected chi connectivity index (χ4v) is 2.52. The van der Waals surface area contributed by atoms with Crippen molar-refractivity contribution < 1.29 is 4.74 Å². The molecule has 0 amide bonds. The number of nitrogens with zero attached hydrogens (tertiary/aromatic N) is 1. The van der Waals surface area contributed by atoms with E-state index in [1.807, 2.05) is 66.7 Å². The molecule has 3 heteroatoms. The molecule has 0 saturated carbocycles. The summed E-state index contributed by atoms with van der Waals surface area (Å²) in [6, 6.07) is 26.0. The Morgan fingerprint density at radius 1 is 0.808 bits per heavy atom. The van der Waals surface area contributed by atoms with Crippen molar-refractivity contribution in [2.24, 2.45) is 5.10 Å². The number of ether oxygens (including phenoxy) is 1. The van der Waals surface area contributed by atoms with Gasteiger partial charge >= 0.3 is 0 Å². The molecule has 0 aliphatic rings. The summed E-state index contributed by atoms with van der Waals surface area (Å²) in [5.41, 5.74) is 6.29. The van der Waals surface area contributed by atoms with Crippen molar-refractivity contribution in [3.05, 3.63) is 90.0 Å². The minimum Gasteiger partial charge on any atom is -0.457 e. The summed E-state index contributed by atoms with van der Waals surface area (Å²) in [6.45, 7) is 6.61. The molecule has 0 radical (unpaired) electrons. The van der Waals surface area contributed by atoms with Gasteiger partial charge in [0.2, 0.25) is 0 Å². The van der Waals surface area contributed by atoms with Crippen LogP contribution in [-0.4, -0.2) is 6.21 Å². The van der Waals surface area contributed by atoms with E-state index >= 15 is 0 Å². The van der Waals surface area contributed by atoms with Gasteiger partial charge in [0.05, 0.1) is 11.9 Å². The molecule has 0 aliphatic heterocycles. The van der Waals surface area contributed by atoms with Crippen LogP contribution in [0.25, 0.3) is 0 Å². The van der Waals surface area contributed by atoms with Crippen LogP contribution in [0.15, 0.2) is 84.0 Å². The minimum absolute atomic E-state index is 0.131. The van der Waals surface area contributed by atoms with Crippen molar-refractivity contribution in [1.29, 1.82) is 0 Å². The Labute approximate surface area is 155 Å². The van der Waals surface area contributed by atoms with Crippen LogP contribution < -0.4 is 10.2 Å². The Morgan fingerprint density at radius 3 is 2.15 bits per heavy atom. The zero-order valence-electron chi connectivity index (χ0n) is 15.4. The van der Waals surface area contributed by atoms with Crippen molar-refractivity contribution in [2.75, 3.05) is 5.43 Å². The zero-order chi connectivity index (χ0) is 18.4. The first-order valence-corrected chi connectivity index (χ1v) is 8.74. The number of hydrogen-bond donors (Lipinski definition) is 1. The van der Waals surface area contributed by atoms with Gasteiger partial charge in [0.25, 0.3) is 0 Å². The molecular formula is C23H24N2O. The van der Waals surface area contributed by atoms with Crippen molar-refractivity contribution in [3.8, 4) is 11.5 Å². The summed E-state index contributed by atoms with van der Waals surface area (Å²) in [5, 5.41) is 4.31. The van der Waals surface area contributed by atoms with Gasteiger partial charge in [0, 0.05) is 5.56 Å². The van der Waals surface area contributed by atoms with Crippen LogP contribution in [0, 0.1) is 0 Å². The van der Waals surface area contributed by atoms with E-state index in [2.05, 4.69) is 43.4 Å². The summed E-state index contributed by atoms with van der Waals surface area (Å²) in [5.74, 6) is 1.59. The molecule has 0 spiro atoms. The van der Waals surface area contributed by atoms with Crippen molar-refractivity contribution >= 4 is 11.9 Å². The van der Waals surface area contributed by atoms with Crippen molar-refractivity contribution in [2.45, 2.75) is 26.2 Å². The van der Waals surface area contributed by atoms with E-state index < -0.39 is 0 Å². The lowest BCUT2D eigenvalue weighted by atomic mass is 9.87. The first kappa shape index (κ1) is 17.7. The van der Waals surface area contributed by atoms with E-state index in [4.69, 9.17) is 4.74 Å². The highest BCUT2D eigenvalue weighted by Crippen LogP contribution is 2.28. The van der Waals surface area contributed by atoms with Gasteiger partial charge in [0.1, 0.15) is 11.5 Å². The molecule has 3 aromatic rings. The molecule has 0 bridgehead atoms. The van der Waals surface area contributed by atoms with E-state index in [1.165, 1.54) is 5.56 Å². The molecule has 0 aliphatic carbocycles. The maximum atomic E-state index is 6.06. The third-order valence-corrected chi connectivity index (χ3v) is 4.04. The van der Waals surface area contributed by atoms with E-state index in [0.29, 0.717) is 0 Å². The van der Waals surface area contributed by atoms with Crippen molar-refractivity contribution in [3.63, 3.8) is 0 Å². The van der Waals surface area contributed by atoms with E-state index in [1.54, 1.807) is 6.21 Å². The third-order valence-electron chi connectivity index (χ3n) is 4.04. The number of benzene rings is 3. The van der Waals surface area contributed by atoms with E-state index in [-0.39, 0.29) is 5.41 Å². The predicted molar refractivity (Wildman–Crippen MR) is 109 cm³/mol. The topological polar surface area (TPSA) is 33.6 Å². The second-order valence-corrected chi connectivity index (χ2v) is 7.15. The lowest BCUT2D eigenvalue weighted by molar-refractivity contribution is 0.480. The maximum Gasteiger partial charge on any atom is 0.136 e. The van der Waals surface area contributed by atoms with Crippen LogP contribution in [0.1, 0.15) is 31.9 Å². The predicted octanol–water partition coefficient (Wildman–Crippen LogP) is 6.22. The summed E-state index contributed by atoms with van der Waals surface area (Å²) in [6.07, 6.45) is 1.77. The van der Waals surface area contributed by atoms with Gasteiger partial charge in [0.15, 0.2) is 0 Å². The lowest BCUT2D eigenvalue weighted by Gasteiger charge is -2.19. The number of para-hydroxylation sites is 2. The van der Waals surface area contributed by atoms with Crippen LogP contribution in [-0.2, 0) is 5.41 Å². The second kappa shape index (κ2) is 7.87. The maximum absolute atomic E-state index is 6.06. The Balaban J connectivity index is 1.73. The lowest BCUT2D eigenvalue weighted by Crippen LogP contribution is -2.10. The Morgan fingerprint density at radius 2 is 1.46 bits per heavy atom. The normalized spacial score (nSPS) is 11.5. The molecule has 0 saturated heterocycles. The summed E-state index contributed by atoms with van der Waals surface area (Å²) >= 11 is 0. The van der Waals surface area contributed by atoms with Crippen LogP contribution in [0.2, 0.25) is 0 Å². The summed E-state index contributed by atoms with van der Waals surface area (Å²) in [7, 11) is 0. The van der Waals surface area contributed by atoms with Gasteiger partial charge in [-0.1, -0.05) is 63.2 Å².